The Morgan fingerprint density at radius 3 is 2.00 bits per heavy atom. The minimum Gasteiger partial charge on any atom is -0.394 e. The van der Waals surface area contributed by atoms with E-state index in [-0.39, 0.29) is 26.2 Å². The van der Waals surface area contributed by atoms with Crippen LogP contribution in [0.1, 0.15) is 20.3 Å². The first-order chi connectivity index (χ1) is 10.3. The van der Waals surface area contributed by atoms with Crippen LogP contribution >= 0.6 is 0 Å². The van der Waals surface area contributed by atoms with Crippen LogP contribution < -0.4 is 0 Å². The third-order valence-electron chi connectivity index (χ3n) is 2.59. The van der Waals surface area contributed by atoms with E-state index in [1.54, 1.807) is 0 Å². The third-order valence-corrected chi connectivity index (χ3v) is 2.59. The van der Waals surface area contributed by atoms with Gasteiger partial charge in [-0.15, -0.1) is 0 Å². The Labute approximate surface area is 129 Å². The molecule has 0 radical (unpaired) electrons. The Balaban J connectivity index is 4.58. The van der Waals surface area contributed by atoms with Crippen molar-refractivity contribution >= 4 is 0 Å². The van der Waals surface area contributed by atoms with Crippen molar-refractivity contribution in [2.45, 2.75) is 57.3 Å². The molecular weight excluding hydrogens is 300 g/mol. The predicted octanol–water partition coefficient (Wildman–Crippen LogP) is -2.45. The highest BCUT2D eigenvalue weighted by Crippen LogP contribution is 2.13. The van der Waals surface area contributed by atoms with E-state index in [9.17, 15) is 15.3 Å². The molecule has 9 nitrogen and oxygen atoms in total. The molecule has 0 aliphatic rings. The first-order valence-electron chi connectivity index (χ1n) is 7.14. The molecule has 0 fully saturated rings. The molecule has 0 saturated heterocycles. The van der Waals surface area contributed by atoms with Crippen LogP contribution in [0.3, 0.4) is 0 Å². The topological polar surface area (TPSA) is 149 Å². The Bertz CT molecular complexity index is 262. The summed E-state index contributed by atoms with van der Waals surface area (Å²) < 4.78 is 15.2. The van der Waals surface area contributed by atoms with Crippen molar-refractivity contribution in [2.75, 3.05) is 26.4 Å². The van der Waals surface area contributed by atoms with Gasteiger partial charge in [-0.3, -0.25) is 0 Å². The summed E-state index contributed by atoms with van der Waals surface area (Å²) in [4.78, 5) is 0. The van der Waals surface area contributed by atoms with E-state index in [0.717, 1.165) is 0 Å². The maximum atomic E-state index is 9.88. The lowest BCUT2D eigenvalue weighted by Gasteiger charge is -2.29. The van der Waals surface area contributed by atoms with Gasteiger partial charge >= 0.3 is 0 Å². The fourth-order valence-corrected chi connectivity index (χ4v) is 1.58. The molecule has 0 aromatic heterocycles. The summed E-state index contributed by atoms with van der Waals surface area (Å²) in [7, 11) is 0. The fraction of sp³-hybridized carbons (Fsp3) is 1.00. The Hall–Kier alpha value is -0.360. The van der Waals surface area contributed by atoms with Crippen LogP contribution in [0.25, 0.3) is 0 Å². The summed E-state index contributed by atoms with van der Waals surface area (Å²) in [5, 5.41) is 56.0. The van der Waals surface area contributed by atoms with Crippen LogP contribution in [0.15, 0.2) is 0 Å². The highest BCUT2D eigenvalue weighted by molar-refractivity contribution is 4.68. The smallest absolute Gasteiger partial charge is 0.186 e. The van der Waals surface area contributed by atoms with Crippen molar-refractivity contribution in [1.82, 2.24) is 0 Å². The average molecular weight is 328 g/mol. The zero-order valence-corrected chi connectivity index (χ0v) is 12.9. The van der Waals surface area contributed by atoms with Crippen molar-refractivity contribution in [2.24, 2.45) is 0 Å². The van der Waals surface area contributed by atoms with Crippen LogP contribution in [0.5, 0.6) is 0 Å². The van der Waals surface area contributed by atoms with Gasteiger partial charge in [-0.2, -0.15) is 0 Å². The van der Waals surface area contributed by atoms with Gasteiger partial charge in [0.05, 0.1) is 38.6 Å². The average Bonchev–Trinajstić information content (AvgIpc) is 2.42. The van der Waals surface area contributed by atoms with E-state index in [2.05, 4.69) is 0 Å². The van der Waals surface area contributed by atoms with Crippen LogP contribution in [0, 0.1) is 0 Å². The number of hydrogen-bond acceptors (Lipinski definition) is 9. The van der Waals surface area contributed by atoms with Crippen LogP contribution in [-0.2, 0) is 14.2 Å². The maximum absolute atomic E-state index is 9.88. The maximum Gasteiger partial charge on any atom is 0.186 e. The Morgan fingerprint density at radius 1 is 0.909 bits per heavy atom. The highest BCUT2D eigenvalue weighted by atomic mass is 16.7. The van der Waals surface area contributed by atoms with Gasteiger partial charge < -0.3 is 44.8 Å². The molecule has 22 heavy (non-hydrogen) atoms. The van der Waals surface area contributed by atoms with Crippen LogP contribution in [0.4, 0.5) is 0 Å². The van der Waals surface area contributed by atoms with Crippen molar-refractivity contribution in [3.05, 3.63) is 0 Å². The van der Waals surface area contributed by atoms with E-state index in [1.165, 1.54) is 13.8 Å². The molecule has 0 aliphatic carbocycles. The first-order valence-corrected chi connectivity index (χ1v) is 7.14. The van der Waals surface area contributed by atoms with Crippen molar-refractivity contribution in [1.29, 1.82) is 0 Å². The molecule has 0 aromatic rings. The number of ether oxygens (including phenoxy) is 3. The van der Waals surface area contributed by atoms with Gasteiger partial charge in [0, 0.05) is 6.42 Å². The third kappa shape index (κ3) is 9.62. The van der Waals surface area contributed by atoms with E-state index < -0.39 is 43.6 Å². The lowest BCUT2D eigenvalue weighted by molar-refractivity contribution is -0.293. The van der Waals surface area contributed by atoms with Gasteiger partial charge in [0.2, 0.25) is 0 Å². The van der Waals surface area contributed by atoms with Gasteiger partial charge in [0.1, 0.15) is 12.2 Å². The summed E-state index contributed by atoms with van der Waals surface area (Å²) in [6, 6.07) is 0. The van der Waals surface area contributed by atoms with E-state index in [1.807, 2.05) is 0 Å². The van der Waals surface area contributed by atoms with E-state index >= 15 is 0 Å². The molecule has 0 aliphatic heterocycles. The molecule has 0 amide bonds. The number of aliphatic hydroxyl groups excluding tert-OH is 6. The summed E-state index contributed by atoms with van der Waals surface area (Å²) in [5.41, 5.74) is 0. The second-order valence-electron chi connectivity index (χ2n) is 5.04. The predicted molar refractivity (Wildman–Crippen MR) is 74.7 cm³/mol. The minimum absolute atomic E-state index is 0.0683. The number of rotatable bonds is 13. The molecule has 0 rings (SSSR count). The largest absolute Gasteiger partial charge is 0.394 e. The van der Waals surface area contributed by atoms with Crippen LogP contribution in [-0.4, -0.2) is 94.1 Å². The standard InChI is InChI=1S/C13H28O9/c1-8(16)5-10(18)13(20-4-3-14)22-12(19)11(6-15)21-7-9(2)17/h8-19H,3-7H2,1-2H3/t8-,9?,10?,11?,12?,13-/m1/s1. The molecular formula is C13H28O9. The van der Waals surface area contributed by atoms with E-state index in [4.69, 9.17) is 29.5 Å². The monoisotopic (exact) mass is 328 g/mol. The molecule has 0 saturated carbocycles. The first kappa shape index (κ1) is 21.6. The van der Waals surface area contributed by atoms with E-state index in [0.29, 0.717) is 0 Å². The Morgan fingerprint density at radius 2 is 1.55 bits per heavy atom. The molecule has 0 heterocycles. The van der Waals surface area contributed by atoms with Gasteiger partial charge in [-0.1, -0.05) is 0 Å². The lowest BCUT2D eigenvalue weighted by atomic mass is 10.1. The summed E-state index contributed by atoms with van der Waals surface area (Å²) >= 11 is 0. The molecule has 0 bridgehead atoms. The second kappa shape index (κ2) is 12.1. The summed E-state index contributed by atoms with van der Waals surface area (Å²) in [6.45, 7) is 1.77. The normalized spacial score (nSPS) is 20.2. The molecule has 134 valence electrons. The van der Waals surface area contributed by atoms with Crippen molar-refractivity contribution < 1.29 is 44.8 Å². The molecule has 6 N–H and O–H groups in total. The number of aliphatic hydroxyl groups is 6. The van der Waals surface area contributed by atoms with Crippen molar-refractivity contribution in [3.8, 4) is 0 Å². The quantitative estimate of drug-likeness (QED) is 0.202. The molecule has 0 aromatic carbocycles. The zero-order valence-electron chi connectivity index (χ0n) is 12.9. The molecule has 0 spiro atoms. The minimum atomic E-state index is -1.63. The van der Waals surface area contributed by atoms with Crippen molar-refractivity contribution in [3.63, 3.8) is 0 Å². The lowest BCUT2D eigenvalue weighted by Crippen LogP contribution is -2.44. The second-order valence-corrected chi connectivity index (χ2v) is 5.04. The number of hydrogen-bond donors (Lipinski definition) is 6. The van der Waals surface area contributed by atoms with Crippen LogP contribution in [0.2, 0.25) is 0 Å². The summed E-state index contributed by atoms with van der Waals surface area (Å²) in [6.07, 6.45) is -7.02. The molecule has 6 atom stereocenters. The van der Waals surface area contributed by atoms with Gasteiger partial charge in [0.15, 0.2) is 12.6 Å². The van der Waals surface area contributed by atoms with Gasteiger partial charge in [-0.25, -0.2) is 0 Å². The molecule has 9 heteroatoms. The van der Waals surface area contributed by atoms with Gasteiger partial charge in [0.25, 0.3) is 0 Å². The zero-order chi connectivity index (χ0) is 17.1. The highest BCUT2D eigenvalue weighted by Gasteiger charge is 2.29. The fourth-order valence-electron chi connectivity index (χ4n) is 1.58. The Kier molecular flexibility index (Phi) is 11.9. The molecule has 4 unspecified atom stereocenters. The van der Waals surface area contributed by atoms with Gasteiger partial charge in [-0.05, 0) is 13.8 Å². The summed E-state index contributed by atoms with van der Waals surface area (Å²) in [5.74, 6) is 0. The SMILES string of the molecule is CC(O)COC(CO)C(O)O[C@@H](OCCO)C(O)C[C@@H](C)O.